The number of hydrogen-bond acceptors (Lipinski definition) is 5. The lowest BCUT2D eigenvalue weighted by Gasteiger charge is -2.11. The third kappa shape index (κ3) is 4.22. The second kappa shape index (κ2) is 8.89. The molecule has 31 heavy (non-hydrogen) atoms. The maximum Gasteiger partial charge on any atom is 0.291 e. The van der Waals surface area contributed by atoms with E-state index in [2.05, 4.69) is 10.6 Å². The van der Waals surface area contributed by atoms with Crippen LogP contribution in [0.1, 0.15) is 26.5 Å². The molecule has 0 radical (unpaired) electrons. The largest absolute Gasteiger partial charge is 0.495 e. The Morgan fingerprint density at radius 1 is 0.903 bits per heavy atom. The molecule has 0 atom stereocenters. The van der Waals surface area contributed by atoms with E-state index >= 15 is 0 Å². The fraction of sp³-hybridized carbons (Fsp3) is 0.0833. The van der Waals surface area contributed by atoms with E-state index in [4.69, 9.17) is 9.15 Å². The molecule has 2 aromatic carbocycles. The van der Waals surface area contributed by atoms with E-state index in [0.29, 0.717) is 22.0 Å². The Morgan fingerprint density at radius 2 is 1.65 bits per heavy atom. The summed E-state index contributed by atoms with van der Waals surface area (Å²) in [7, 11) is 1.54. The van der Waals surface area contributed by atoms with E-state index in [1.165, 1.54) is 17.6 Å². The molecule has 0 fully saturated rings. The van der Waals surface area contributed by atoms with E-state index in [0.717, 1.165) is 16.0 Å². The van der Waals surface area contributed by atoms with Gasteiger partial charge in [0.1, 0.15) is 10.8 Å². The summed E-state index contributed by atoms with van der Waals surface area (Å²) >= 11 is 1.35. The zero-order valence-electron chi connectivity index (χ0n) is 17.0. The first kappa shape index (κ1) is 20.4. The molecule has 2 amide bonds. The summed E-state index contributed by atoms with van der Waals surface area (Å²) in [5, 5.41) is 6.18. The first-order valence-electron chi connectivity index (χ1n) is 9.56. The molecule has 0 aliphatic carbocycles. The van der Waals surface area contributed by atoms with Crippen molar-refractivity contribution in [1.82, 2.24) is 0 Å². The number of para-hydroxylation sites is 2. The fourth-order valence-corrected chi connectivity index (χ4v) is 4.45. The smallest absolute Gasteiger partial charge is 0.291 e. The van der Waals surface area contributed by atoms with Crippen molar-refractivity contribution in [3.63, 3.8) is 0 Å². The molecule has 0 aliphatic rings. The van der Waals surface area contributed by atoms with Gasteiger partial charge in [-0.15, -0.1) is 11.3 Å². The molecule has 0 saturated carbocycles. The van der Waals surface area contributed by atoms with Crippen LogP contribution in [-0.4, -0.2) is 18.9 Å². The second-order valence-electron chi connectivity index (χ2n) is 6.71. The number of rotatable bonds is 6. The molecular weight excluding hydrogens is 412 g/mol. The molecule has 0 aliphatic heterocycles. The number of carbonyl (C=O) groups excluding carboxylic acids is 2. The molecule has 2 aromatic heterocycles. The summed E-state index contributed by atoms with van der Waals surface area (Å²) < 4.78 is 10.5. The van der Waals surface area contributed by atoms with Gasteiger partial charge in [0.25, 0.3) is 11.8 Å². The number of nitrogens with one attached hydrogen (secondary N) is 2. The lowest BCUT2D eigenvalue weighted by atomic mass is 10.1. The van der Waals surface area contributed by atoms with Crippen molar-refractivity contribution in [3.05, 3.63) is 89.9 Å². The molecule has 4 aromatic rings. The van der Waals surface area contributed by atoms with Gasteiger partial charge in [0, 0.05) is 4.88 Å². The van der Waals surface area contributed by atoms with Gasteiger partial charge < -0.3 is 19.8 Å². The normalized spacial score (nSPS) is 10.5. The minimum atomic E-state index is -0.419. The molecule has 0 unspecified atom stereocenters. The number of furan rings is 1. The second-order valence-corrected chi connectivity index (χ2v) is 7.73. The molecular formula is C24H20N2O4S. The van der Waals surface area contributed by atoms with Crippen molar-refractivity contribution in [2.75, 3.05) is 17.7 Å². The first-order chi connectivity index (χ1) is 15.1. The van der Waals surface area contributed by atoms with Crippen LogP contribution >= 0.6 is 11.3 Å². The molecule has 2 heterocycles. The minimum absolute atomic E-state index is 0.170. The third-order valence-corrected chi connectivity index (χ3v) is 5.99. The van der Waals surface area contributed by atoms with E-state index in [1.807, 2.05) is 49.4 Å². The highest BCUT2D eigenvalue weighted by Crippen LogP contribution is 2.40. The third-order valence-electron chi connectivity index (χ3n) is 4.74. The van der Waals surface area contributed by atoms with Crippen LogP contribution in [0.15, 0.2) is 77.4 Å². The number of carbonyl (C=O) groups is 2. The molecule has 7 heteroatoms. The van der Waals surface area contributed by atoms with Crippen LogP contribution in [0.5, 0.6) is 5.75 Å². The Labute approximate surface area is 183 Å². The predicted octanol–water partition coefficient (Wildman–Crippen LogP) is 5.83. The van der Waals surface area contributed by atoms with Crippen molar-refractivity contribution in [1.29, 1.82) is 0 Å². The van der Waals surface area contributed by atoms with E-state index in [9.17, 15) is 9.59 Å². The maximum absolute atomic E-state index is 13.3. The summed E-state index contributed by atoms with van der Waals surface area (Å²) in [5.41, 5.74) is 2.69. The van der Waals surface area contributed by atoms with Crippen LogP contribution in [-0.2, 0) is 0 Å². The minimum Gasteiger partial charge on any atom is -0.495 e. The number of benzene rings is 2. The first-order valence-corrected chi connectivity index (χ1v) is 10.4. The van der Waals surface area contributed by atoms with Gasteiger partial charge in [0.2, 0.25) is 0 Å². The topological polar surface area (TPSA) is 80.6 Å². The fourth-order valence-electron chi connectivity index (χ4n) is 3.25. The Balaban J connectivity index is 1.74. The van der Waals surface area contributed by atoms with E-state index < -0.39 is 5.91 Å². The molecule has 2 N–H and O–H groups in total. The predicted molar refractivity (Wildman–Crippen MR) is 122 cm³/mol. The maximum atomic E-state index is 13.3. The van der Waals surface area contributed by atoms with Crippen LogP contribution in [0.3, 0.4) is 0 Å². The van der Waals surface area contributed by atoms with Gasteiger partial charge in [-0.25, -0.2) is 0 Å². The Morgan fingerprint density at radius 3 is 2.35 bits per heavy atom. The van der Waals surface area contributed by atoms with E-state index in [1.54, 1.807) is 31.4 Å². The molecule has 0 bridgehead atoms. The van der Waals surface area contributed by atoms with Gasteiger partial charge in [-0.2, -0.15) is 0 Å². The average molecular weight is 433 g/mol. The Bertz CT molecular complexity index is 1210. The number of ether oxygens (including phenoxy) is 1. The number of hydrogen-bond donors (Lipinski definition) is 2. The van der Waals surface area contributed by atoms with Gasteiger partial charge in [0.05, 0.1) is 24.6 Å². The molecule has 156 valence electrons. The van der Waals surface area contributed by atoms with Crippen molar-refractivity contribution >= 4 is 33.8 Å². The SMILES string of the molecule is COc1ccccc1NC(=O)c1c(NC(=O)c2ccco2)sc(-c2ccccc2)c1C. The van der Waals surface area contributed by atoms with Crippen molar-refractivity contribution < 1.29 is 18.7 Å². The molecule has 4 rings (SSSR count). The zero-order chi connectivity index (χ0) is 21.8. The van der Waals surface area contributed by atoms with Crippen molar-refractivity contribution in [3.8, 4) is 16.2 Å². The van der Waals surface area contributed by atoms with Crippen LogP contribution < -0.4 is 15.4 Å². The lowest BCUT2D eigenvalue weighted by molar-refractivity contribution is 0.0997. The highest BCUT2D eigenvalue weighted by atomic mass is 32.1. The monoisotopic (exact) mass is 432 g/mol. The quantitative estimate of drug-likeness (QED) is 0.402. The summed E-state index contributed by atoms with van der Waals surface area (Å²) in [6, 6.07) is 20.1. The van der Waals surface area contributed by atoms with Crippen molar-refractivity contribution in [2.24, 2.45) is 0 Å². The summed E-state index contributed by atoms with van der Waals surface area (Å²) in [6.07, 6.45) is 1.43. The van der Waals surface area contributed by atoms with Gasteiger partial charge >= 0.3 is 0 Å². The molecule has 0 spiro atoms. The van der Waals surface area contributed by atoms with Crippen LogP contribution in [0.25, 0.3) is 10.4 Å². The number of anilines is 2. The van der Waals surface area contributed by atoms with Gasteiger partial charge in [-0.05, 0) is 42.3 Å². The number of thiophene rings is 1. The van der Waals surface area contributed by atoms with Gasteiger partial charge in [-0.1, -0.05) is 42.5 Å². The van der Waals surface area contributed by atoms with Gasteiger partial charge in [0.15, 0.2) is 5.76 Å². The Hall–Kier alpha value is -3.84. The Kier molecular flexibility index (Phi) is 5.86. The summed E-state index contributed by atoms with van der Waals surface area (Å²) in [5.74, 6) is -0.0380. The highest BCUT2D eigenvalue weighted by Gasteiger charge is 2.25. The van der Waals surface area contributed by atoms with Crippen molar-refractivity contribution in [2.45, 2.75) is 6.92 Å². The van der Waals surface area contributed by atoms with Crippen LogP contribution in [0.2, 0.25) is 0 Å². The number of methoxy groups -OCH3 is 1. The van der Waals surface area contributed by atoms with E-state index in [-0.39, 0.29) is 11.7 Å². The molecule has 6 nitrogen and oxygen atoms in total. The summed E-state index contributed by atoms with van der Waals surface area (Å²) in [6.45, 7) is 1.87. The van der Waals surface area contributed by atoms with Gasteiger partial charge in [-0.3, -0.25) is 9.59 Å². The zero-order valence-corrected chi connectivity index (χ0v) is 17.8. The number of amides is 2. The standard InChI is InChI=1S/C24H20N2O4S/c1-15-20(23(28)25-17-11-6-7-12-18(17)29-2)24(26-22(27)19-13-8-14-30-19)31-21(15)16-9-4-3-5-10-16/h3-14H,1-2H3,(H,25,28)(H,26,27). The summed E-state index contributed by atoms with van der Waals surface area (Å²) in [4.78, 5) is 26.8. The average Bonchev–Trinajstić information content (AvgIpc) is 3.43. The van der Waals surface area contributed by atoms with Crippen LogP contribution in [0.4, 0.5) is 10.7 Å². The van der Waals surface area contributed by atoms with Crippen LogP contribution in [0, 0.1) is 6.92 Å². The highest BCUT2D eigenvalue weighted by molar-refractivity contribution is 7.20. The molecule has 0 saturated heterocycles. The lowest BCUT2D eigenvalue weighted by Crippen LogP contribution is -2.17.